The van der Waals surface area contributed by atoms with Crippen molar-refractivity contribution in [3.05, 3.63) is 12.7 Å². The first-order valence-corrected chi connectivity index (χ1v) is 3.33. The predicted molar refractivity (Wildman–Crippen MR) is 37.8 cm³/mol. The summed E-state index contributed by atoms with van der Waals surface area (Å²) in [6, 6.07) is -0.252. The van der Waals surface area contributed by atoms with Crippen LogP contribution in [0.25, 0.3) is 0 Å². The molecule has 1 aliphatic rings. The van der Waals surface area contributed by atoms with E-state index < -0.39 is 5.97 Å². The summed E-state index contributed by atoms with van der Waals surface area (Å²) in [5.41, 5.74) is 0. The Hall–Kier alpha value is -0.830. The first-order valence-electron chi connectivity index (χ1n) is 3.33. The number of rotatable bonds is 3. The van der Waals surface area contributed by atoms with Crippen molar-refractivity contribution in [1.29, 1.82) is 0 Å². The Labute approximate surface area is 59.9 Å². The second-order valence-corrected chi connectivity index (χ2v) is 2.43. The van der Waals surface area contributed by atoms with Crippen molar-refractivity contribution in [2.45, 2.75) is 12.5 Å². The molecule has 0 aromatic rings. The third-order valence-electron chi connectivity index (χ3n) is 1.78. The summed E-state index contributed by atoms with van der Waals surface area (Å²) in [4.78, 5) is 12.3. The molecule has 1 fully saturated rings. The molecule has 1 heterocycles. The standard InChI is InChI=1S/C7H11NO2/c1-2-4-8-5-3-6(8)7(9)10/h2,6H,1,3-5H2,(H,9,10). The molecule has 1 atom stereocenters. The molecule has 0 amide bonds. The van der Waals surface area contributed by atoms with Gasteiger partial charge >= 0.3 is 5.97 Å². The van der Waals surface area contributed by atoms with E-state index in [1.807, 2.05) is 4.90 Å². The maximum absolute atomic E-state index is 10.4. The van der Waals surface area contributed by atoms with E-state index in [2.05, 4.69) is 6.58 Å². The van der Waals surface area contributed by atoms with E-state index in [9.17, 15) is 4.79 Å². The second kappa shape index (κ2) is 2.84. The lowest BCUT2D eigenvalue weighted by Gasteiger charge is -2.36. The van der Waals surface area contributed by atoms with Gasteiger partial charge in [-0.2, -0.15) is 0 Å². The van der Waals surface area contributed by atoms with Crippen LogP contribution in [-0.4, -0.2) is 35.1 Å². The first kappa shape index (κ1) is 7.28. The summed E-state index contributed by atoms with van der Waals surface area (Å²) in [6.45, 7) is 5.12. The minimum atomic E-state index is -0.715. The van der Waals surface area contributed by atoms with Gasteiger partial charge in [0.15, 0.2) is 0 Å². The zero-order valence-electron chi connectivity index (χ0n) is 5.79. The van der Waals surface area contributed by atoms with Crippen LogP contribution in [0, 0.1) is 0 Å². The zero-order chi connectivity index (χ0) is 7.56. The summed E-state index contributed by atoms with van der Waals surface area (Å²) in [5, 5.41) is 8.55. The smallest absolute Gasteiger partial charge is 0.320 e. The van der Waals surface area contributed by atoms with E-state index in [1.165, 1.54) is 0 Å². The summed E-state index contributed by atoms with van der Waals surface area (Å²) in [6.07, 6.45) is 2.51. The van der Waals surface area contributed by atoms with Gasteiger partial charge in [-0.1, -0.05) is 6.08 Å². The second-order valence-electron chi connectivity index (χ2n) is 2.43. The SMILES string of the molecule is C=CCN1CCC1C(=O)O. The topological polar surface area (TPSA) is 40.5 Å². The van der Waals surface area contributed by atoms with Gasteiger partial charge < -0.3 is 5.11 Å². The number of aliphatic carboxylic acids is 1. The third kappa shape index (κ3) is 1.19. The molecule has 1 aliphatic heterocycles. The van der Waals surface area contributed by atoms with Crippen molar-refractivity contribution in [3.8, 4) is 0 Å². The van der Waals surface area contributed by atoms with Crippen LogP contribution < -0.4 is 0 Å². The highest BCUT2D eigenvalue weighted by atomic mass is 16.4. The van der Waals surface area contributed by atoms with Crippen LogP contribution in [0.2, 0.25) is 0 Å². The fraction of sp³-hybridized carbons (Fsp3) is 0.571. The molecular weight excluding hydrogens is 130 g/mol. The Morgan fingerprint density at radius 3 is 2.90 bits per heavy atom. The van der Waals surface area contributed by atoms with Crippen molar-refractivity contribution in [2.24, 2.45) is 0 Å². The quantitative estimate of drug-likeness (QED) is 0.576. The van der Waals surface area contributed by atoms with E-state index in [-0.39, 0.29) is 6.04 Å². The van der Waals surface area contributed by atoms with Crippen LogP contribution in [-0.2, 0) is 4.79 Å². The largest absolute Gasteiger partial charge is 0.480 e. The molecule has 0 spiro atoms. The first-order chi connectivity index (χ1) is 4.75. The van der Waals surface area contributed by atoms with Crippen LogP contribution in [0.5, 0.6) is 0 Å². The molecule has 3 nitrogen and oxygen atoms in total. The van der Waals surface area contributed by atoms with Crippen LogP contribution in [0.1, 0.15) is 6.42 Å². The van der Waals surface area contributed by atoms with Gasteiger partial charge in [0.25, 0.3) is 0 Å². The van der Waals surface area contributed by atoms with Crippen molar-refractivity contribution in [2.75, 3.05) is 13.1 Å². The highest BCUT2D eigenvalue weighted by Gasteiger charge is 2.32. The van der Waals surface area contributed by atoms with Gasteiger partial charge in [0.1, 0.15) is 6.04 Å². The Kier molecular flexibility index (Phi) is 2.06. The number of hydrogen-bond donors (Lipinski definition) is 1. The molecule has 1 N–H and O–H groups in total. The minimum Gasteiger partial charge on any atom is -0.480 e. The lowest BCUT2D eigenvalue weighted by Crippen LogP contribution is -2.52. The van der Waals surface area contributed by atoms with Crippen molar-refractivity contribution < 1.29 is 9.90 Å². The monoisotopic (exact) mass is 141 g/mol. The molecule has 0 radical (unpaired) electrons. The number of hydrogen-bond acceptors (Lipinski definition) is 2. The molecule has 0 saturated carbocycles. The van der Waals surface area contributed by atoms with Crippen LogP contribution in [0.15, 0.2) is 12.7 Å². The molecule has 3 heteroatoms. The lowest BCUT2D eigenvalue weighted by molar-refractivity contribution is -0.147. The van der Waals surface area contributed by atoms with Crippen molar-refractivity contribution >= 4 is 5.97 Å². The molecule has 0 aromatic heterocycles. The maximum Gasteiger partial charge on any atom is 0.320 e. The zero-order valence-corrected chi connectivity index (χ0v) is 5.79. The average Bonchev–Trinajstić information content (AvgIpc) is 1.78. The summed E-state index contributed by atoms with van der Waals surface area (Å²) in [5.74, 6) is -0.715. The Bertz CT molecular complexity index is 156. The van der Waals surface area contributed by atoms with E-state index >= 15 is 0 Å². The van der Waals surface area contributed by atoms with Gasteiger partial charge in [0.05, 0.1) is 0 Å². The Balaban J connectivity index is 2.35. The molecule has 1 saturated heterocycles. The van der Waals surface area contributed by atoms with Gasteiger partial charge in [-0.15, -0.1) is 6.58 Å². The molecular formula is C7H11NO2. The predicted octanol–water partition coefficient (Wildman–Crippen LogP) is 0.331. The van der Waals surface area contributed by atoms with E-state index in [0.29, 0.717) is 6.54 Å². The fourth-order valence-electron chi connectivity index (χ4n) is 1.10. The maximum atomic E-state index is 10.4. The minimum absolute atomic E-state index is 0.252. The molecule has 0 bridgehead atoms. The number of carbonyl (C=O) groups is 1. The summed E-state index contributed by atoms with van der Waals surface area (Å²) < 4.78 is 0. The molecule has 1 unspecified atom stereocenters. The van der Waals surface area contributed by atoms with Crippen LogP contribution in [0.4, 0.5) is 0 Å². The van der Waals surface area contributed by atoms with Crippen molar-refractivity contribution in [1.82, 2.24) is 4.90 Å². The molecule has 10 heavy (non-hydrogen) atoms. The average molecular weight is 141 g/mol. The highest BCUT2D eigenvalue weighted by molar-refractivity contribution is 5.74. The lowest BCUT2D eigenvalue weighted by atomic mass is 10.0. The number of carboxylic acid groups (broad SMARTS) is 1. The number of likely N-dealkylation sites (tertiary alicyclic amines) is 1. The normalized spacial score (nSPS) is 25.4. The summed E-state index contributed by atoms with van der Waals surface area (Å²) in [7, 11) is 0. The molecule has 0 aliphatic carbocycles. The van der Waals surface area contributed by atoms with E-state index in [1.54, 1.807) is 6.08 Å². The number of nitrogens with zero attached hydrogens (tertiary/aromatic N) is 1. The van der Waals surface area contributed by atoms with Crippen LogP contribution in [0.3, 0.4) is 0 Å². The van der Waals surface area contributed by atoms with Gasteiger partial charge in [0.2, 0.25) is 0 Å². The Morgan fingerprint density at radius 2 is 2.60 bits per heavy atom. The number of carboxylic acids is 1. The van der Waals surface area contributed by atoms with Crippen molar-refractivity contribution in [3.63, 3.8) is 0 Å². The Morgan fingerprint density at radius 1 is 1.90 bits per heavy atom. The van der Waals surface area contributed by atoms with E-state index in [0.717, 1.165) is 13.0 Å². The van der Waals surface area contributed by atoms with E-state index in [4.69, 9.17) is 5.11 Å². The van der Waals surface area contributed by atoms with Gasteiger partial charge in [-0.3, -0.25) is 9.69 Å². The van der Waals surface area contributed by atoms with Gasteiger partial charge in [-0.05, 0) is 6.42 Å². The van der Waals surface area contributed by atoms with Gasteiger partial charge in [-0.25, -0.2) is 0 Å². The summed E-state index contributed by atoms with van der Waals surface area (Å²) >= 11 is 0. The highest BCUT2D eigenvalue weighted by Crippen LogP contribution is 2.16. The van der Waals surface area contributed by atoms with Gasteiger partial charge in [0, 0.05) is 13.1 Å². The molecule has 56 valence electrons. The fourth-order valence-corrected chi connectivity index (χ4v) is 1.10. The van der Waals surface area contributed by atoms with Crippen LogP contribution >= 0.6 is 0 Å². The third-order valence-corrected chi connectivity index (χ3v) is 1.78. The molecule has 1 rings (SSSR count). The molecule has 0 aromatic carbocycles.